The number of para-hydroxylation sites is 1. The fourth-order valence-electron chi connectivity index (χ4n) is 4.54. The molecule has 0 N–H and O–H groups in total. The first-order chi connectivity index (χ1) is 16.7. The van der Waals surface area contributed by atoms with Gasteiger partial charge in [0.05, 0.1) is 11.0 Å². The number of rotatable bonds is 7. The van der Waals surface area contributed by atoms with Gasteiger partial charge in [-0.3, -0.25) is 4.90 Å². The van der Waals surface area contributed by atoms with Gasteiger partial charge in [-0.2, -0.15) is 13.9 Å². The molecule has 0 amide bonds. The third-order valence-corrected chi connectivity index (χ3v) is 8.13. The van der Waals surface area contributed by atoms with Crippen LogP contribution in [0.1, 0.15) is 26.3 Å². The quantitative estimate of drug-likeness (QED) is 0.494. The Hall–Kier alpha value is -2.97. The SMILES string of the molecule is Cc1cn(CCN2CCN(S(=O)(=O)c3ccc(OC(C)C)cc3)C(C)C2)c2ccccc12.O=C=O. The van der Waals surface area contributed by atoms with Gasteiger partial charge in [0, 0.05) is 55.9 Å². The number of hydrogen-bond donors (Lipinski definition) is 0. The minimum Gasteiger partial charge on any atom is -0.491 e. The van der Waals surface area contributed by atoms with Gasteiger partial charge in [-0.1, -0.05) is 18.2 Å². The molecular weight excluding hydrogens is 466 g/mol. The highest BCUT2D eigenvalue weighted by Crippen LogP contribution is 2.24. The number of hydrogen-bond acceptors (Lipinski definition) is 6. The molecule has 1 aliphatic rings. The smallest absolute Gasteiger partial charge is 0.373 e. The lowest BCUT2D eigenvalue weighted by Crippen LogP contribution is -2.54. The van der Waals surface area contributed by atoms with Crippen LogP contribution in [0.4, 0.5) is 0 Å². The molecule has 2 heterocycles. The van der Waals surface area contributed by atoms with Crippen LogP contribution in [0.25, 0.3) is 10.9 Å². The molecule has 4 rings (SSSR count). The van der Waals surface area contributed by atoms with Crippen molar-refractivity contribution in [3.63, 3.8) is 0 Å². The minimum absolute atomic E-state index is 0.0546. The van der Waals surface area contributed by atoms with E-state index in [0.29, 0.717) is 17.2 Å². The number of aryl methyl sites for hydroxylation is 1. The first kappa shape index (κ1) is 26.6. The van der Waals surface area contributed by atoms with Gasteiger partial charge in [-0.15, -0.1) is 0 Å². The summed E-state index contributed by atoms with van der Waals surface area (Å²) in [6.45, 7) is 11.8. The predicted octanol–water partition coefficient (Wildman–Crippen LogP) is 3.55. The van der Waals surface area contributed by atoms with E-state index in [4.69, 9.17) is 14.3 Å². The molecule has 0 radical (unpaired) electrons. The Morgan fingerprint density at radius 2 is 1.69 bits per heavy atom. The summed E-state index contributed by atoms with van der Waals surface area (Å²) >= 11 is 0. The van der Waals surface area contributed by atoms with Gasteiger partial charge in [0.2, 0.25) is 10.0 Å². The fraction of sp³-hybridized carbons (Fsp3) is 0.423. The van der Waals surface area contributed by atoms with Gasteiger partial charge >= 0.3 is 6.15 Å². The molecular formula is C26H33N3O5S. The van der Waals surface area contributed by atoms with Crippen LogP contribution in [0.2, 0.25) is 0 Å². The second kappa shape index (κ2) is 11.6. The predicted molar refractivity (Wildman–Crippen MR) is 134 cm³/mol. The summed E-state index contributed by atoms with van der Waals surface area (Å²) in [5, 5.41) is 1.29. The molecule has 1 saturated heterocycles. The Morgan fingerprint density at radius 3 is 2.31 bits per heavy atom. The Morgan fingerprint density at radius 1 is 1.03 bits per heavy atom. The van der Waals surface area contributed by atoms with Gasteiger partial charge in [0.1, 0.15) is 5.75 Å². The van der Waals surface area contributed by atoms with Crippen molar-refractivity contribution < 1.29 is 22.7 Å². The van der Waals surface area contributed by atoms with Crippen molar-refractivity contribution in [3.8, 4) is 5.75 Å². The zero-order valence-electron chi connectivity index (χ0n) is 20.7. The van der Waals surface area contributed by atoms with Crippen LogP contribution in [0, 0.1) is 6.92 Å². The molecule has 1 unspecified atom stereocenters. The molecule has 0 bridgehead atoms. The Bertz CT molecular complexity index is 1260. The highest BCUT2D eigenvalue weighted by Gasteiger charge is 2.33. The monoisotopic (exact) mass is 499 g/mol. The van der Waals surface area contributed by atoms with E-state index in [1.807, 2.05) is 20.8 Å². The van der Waals surface area contributed by atoms with E-state index < -0.39 is 10.0 Å². The van der Waals surface area contributed by atoms with Crippen molar-refractivity contribution in [1.82, 2.24) is 13.8 Å². The summed E-state index contributed by atoms with van der Waals surface area (Å²) in [6, 6.07) is 15.1. The first-order valence-corrected chi connectivity index (χ1v) is 13.2. The molecule has 0 aliphatic carbocycles. The van der Waals surface area contributed by atoms with E-state index in [-0.39, 0.29) is 18.3 Å². The largest absolute Gasteiger partial charge is 0.491 e. The second-order valence-electron chi connectivity index (χ2n) is 9.01. The minimum atomic E-state index is -3.53. The number of ether oxygens (including phenoxy) is 1. The Balaban J connectivity index is 0.00000108. The number of benzene rings is 2. The number of nitrogens with zero attached hydrogens (tertiary/aromatic N) is 3. The van der Waals surface area contributed by atoms with Crippen molar-refractivity contribution in [2.75, 3.05) is 26.2 Å². The number of carbonyl (C=O) groups excluding carboxylic acids is 2. The third kappa shape index (κ3) is 6.38. The Labute approximate surface area is 207 Å². The molecule has 1 atom stereocenters. The zero-order valence-corrected chi connectivity index (χ0v) is 21.5. The maximum absolute atomic E-state index is 13.2. The van der Waals surface area contributed by atoms with Crippen LogP contribution in [-0.4, -0.2) is 66.7 Å². The average molecular weight is 500 g/mol. The first-order valence-electron chi connectivity index (χ1n) is 11.7. The fourth-order valence-corrected chi connectivity index (χ4v) is 6.15. The molecule has 1 aliphatic heterocycles. The van der Waals surface area contributed by atoms with E-state index in [9.17, 15) is 8.42 Å². The summed E-state index contributed by atoms with van der Waals surface area (Å²) < 4.78 is 36.0. The maximum atomic E-state index is 13.2. The van der Waals surface area contributed by atoms with Crippen molar-refractivity contribution in [3.05, 3.63) is 60.3 Å². The van der Waals surface area contributed by atoms with Gasteiger partial charge in [0.15, 0.2) is 0 Å². The van der Waals surface area contributed by atoms with Crippen molar-refractivity contribution in [2.24, 2.45) is 0 Å². The van der Waals surface area contributed by atoms with Crippen molar-refractivity contribution in [1.29, 1.82) is 0 Å². The average Bonchev–Trinajstić information content (AvgIpc) is 3.14. The van der Waals surface area contributed by atoms with E-state index in [2.05, 4.69) is 46.9 Å². The summed E-state index contributed by atoms with van der Waals surface area (Å²) in [5.41, 5.74) is 2.54. The molecule has 1 aromatic heterocycles. The molecule has 8 nitrogen and oxygen atoms in total. The summed E-state index contributed by atoms with van der Waals surface area (Å²) in [7, 11) is -3.53. The zero-order chi connectivity index (χ0) is 25.6. The molecule has 188 valence electrons. The molecule has 1 fully saturated rings. The molecule has 9 heteroatoms. The lowest BCUT2D eigenvalue weighted by atomic mass is 10.2. The number of aromatic nitrogens is 1. The van der Waals surface area contributed by atoms with Gasteiger partial charge in [-0.25, -0.2) is 8.42 Å². The van der Waals surface area contributed by atoms with Crippen molar-refractivity contribution >= 4 is 27.1 Å². The van der Waals surface area contributed by atoms with Crippen LogP contribution in [-0.2, 0) is 26.2 Å². The topological polar surface area (TPSA) is 88.9 Å². The molecule has 0 spiro atoms. The van der Waals surface area contributed by atoms with Gasteiger partial charge in [0.25, 0.3) is 0 Å². The van der Waals surface area contributed by atoms with Gasteiger partial charge < -0.3 is 9.30 Å². The standard InChI is InChI=1S/C25H33N3O3S.CO2/c1-19(2)31-22-9-11-23(12-10-22)32(29,30)28-16-14-26(18-21(28)4)13-15-27-17-20(3)24-7-5-6-8-25(24)27;2-1-3/h5-12,17,19,21H,13-16,18H2,1-4H3;. The number of fused-ring (bicyclic) bond motifs is 1. The van der Waals surface area contributed by atoms with E-state index >= 15 is 0 Å². The highest BCUT2D eigenvalue weighted by molar-refractivity contribution is 7.89. The molecule has 0 saturated carbocycles. The number of piperazine rings is 1. The number of sulfonamides is 1. The summed E-state index contributed by atoms with van der Waals surface area (Å²) in [5.74, 6) is 0.685. The lowest BCUT2D eigenvalue weighted by molar-refractivity contribution is -0.191. The summed E-state index contributed by atoms with van der Waals surface area (Å²) in [6.07, 6.45) is 2.51. The van der Waals surface area contributed by atoms with E-state index in [1.54, 1.807) is 28.6 Å². The van der Waals surface area contributed by atoms with Crippen LogP contribution >= 0.6 is 0 Å². The lowest BCUT2D eigenvalue weighted by Gasteiger charge is -2.39. The normalized spacial score (nSPS) is 17.1. The molecule has 3 aromatic rings. The summed E-state index contributed by atoms with van der Waals surface area (Å²) in [4.78, 5) is 18.9. The van der Waals surface area contributed by atoms with E-state index in [0.717, 1.165) is 26.2 Å². The Kier molecular flexibility index (Phi) is 8.86. The van der Waals surface area contributed by atoms with Crippen molar-refractivity contribution in [2.45, 2.75) is 51.3 Å². The van der Waals surface area contributed by atoms with Crippen LogP contribution in [0.5, 0.6) is 5.75 Å². The van der Waals surface area contributed by atoms with Crippen LogP contribution < -0.4 is 4.74 Å². The maximum Gasteiger partial charge on any atom is 0.373 e. The molecule has 35 heavy (non-hydrogen) atoms. The third-order valence-electron chi connectivity index (χ3n) is 6.10. The second-order valence-corrected chi connectivity index (χ2v) is 10.9. The molecule has 2 aromatic carbocycles. The highest BCUT2D eigenvalue weighted by atomic mass is 32.2. The van der Waals surface area contributed by atoms with Gasteiger partial charge in [-0.05, 0) is 63.6 Å². The van der Waals surface area contributed by atoms with Crippen LogP contribution in [0.3, 0.4) is 0 Å². The van der Waals surface area contributed by atoms with Crippen LogP contribution in [0.15, 0.2) is 59.6 Å². The van der Waals surface area contributed by atoms with E-state index in [1.165, 1.54) is 16.5 Å².